The number of fused-ring (bicyclic) bond motifs is 6. The molecule has 52 heavy (non-hydrogen) atoms. The van der Waals surface area contributed by atoms with Gasteiger partial charge in [0.05, 0.1) is 62.4 Å². The van der Waals surface area contributed by atoms with Crippen LogP contribution in [0.2, 0.25) is 0 Å². The minimum Gasteiger partial charge on any atom is -0.319 e. The molecule has 0 aliphatic carbocycles. The Morgan fingerprint density at radius 3 is 1.73 bits per heavy atom. The van der Waals surface area contributed by atoms with Crippen molar-refractivity contribution in [3.8, 4) is 0 Å². The van der Waals surface area contributed by atoms with Gasteiger partial charge in [-0.25, -0.2) is 23.7 Å². The van der Waals surface area contributed by atoms with Crippen LogP contribution < -0.4 is 0 Å². The average Bonchev–Trinajstić information content (AvgIpc) is 4.03. The first-order chi connectivity index (χ1) is 25.3. The molecule has 3 atom stereocenters. The molecule has 6 amide bonds. The van der Waals surface area contributed by atoms with Crippen LogP contribution >= 0.6 is 22.6 Å². The third-order valence-corrected chi connectivity index (χ3v) is 9.37. The molecule has 0 aromatic carbocycles. The molecule has 0 radical (unpaired) electrons. The lowest BCUT2D eigenvalue weighted by molar-refractivity contribution is -0.107. The summed E-state index contributed by atoms with van der Waals surface area (Å²) in [6, 6.07) is 5.77. The van der Waals surface area contributed by atoms with Crippen molar-refractivity contribution in [2.45, 2.75) is 18.1 Å². The largest absolute Gasteiger partial charge is 0.345 e. The SMILES string of the molecule is C=CCON1C(=O)N2CC(I)=CC1C2.C=CCON1C(=O)N2CC(n3cccn3)=CC1C2.CN1C(=O)N2CC(n3cccn3)=CC1C2.c1cn[nH]c1. The Labute approximate surface area is 314 Å². The van der Waals surface area contributed by atoms with Gasteiger partial charge >= 0.3 is 18.1 Å². The number of likely N-dealkylation sites (N-methyl/N-ethyl adjacent to an activating group) is 1. The Kier molecular flexibility index (Phi) is 11.9. The van der Waals surface area contributed by atoms with Crippen molar-refractivity contribution >= 4 is 52.1 Å². The molecule has 274 valence electrons. The summed E-state index contributed by atoms with van der Waals surface area (Å²) in [5, 5.41) is 17.4. The standard InChI is InChI=1S/C12H14N4O2.C10H12N4O.C9H11IN2O2.C3H4N2/c1-2-6-18-16-11-7-10(15-5-3-4-13-15)8-14(9-11)12(16)17;1-12-8-5-9(14-4-2-3-11-14)7-13(6-8)10(12)15;1-2-3-14-12-8-4-7(10)5-11(6-8)9(12)13;1-2-4-5-3-1/h2-5,7,11H,1,6,8-9H2;2-5,8H,6-7H2,1H3;2,4,8H,1,3,5-6H2;1-3H,(H,4,5). The minimum atomic E-state index is -0.0970. The van der Waals surface area contributed by atoms with E-state index < -0.39 is 0 Å². The first-order valence-corrected chi connectivity index (χ1v) is 17.7. The van der Waals surface area contributed by atoms with Crippen molar-refractivity contribution in [2.75, 3.05) is 59.5 Å². The lowest BCUT2D eigenvalue weighted by Gasteiger charge is -2.21. The van der Waals surface area contributed by atoms with E-state index in [-0.39, 0.29) is 36.2 Å². The normalized spacial score (nSPS) is 22.5. The summed E-state index contributed by atoms with van der Waals surface area (Å²) >= 11 is 2.25. The predicted octanol–water partition coefficient (Wildman–Crippen LogP) is 3.39. The molecule has 17 nitrogen and oxygen atoms in total. The highest BCUT2D eigenvalue weighted by Crippen LogP contribution is 2.28. The molecule has 1 N–H and O–H groups in total. The molecule has 3 unspecified atom stereocenters. The Morgan fingerprint density at radius 2 is 1.27 bits per heavy atom. The second kappa shape index (κ2) is 16.9. The molecule has 9 rings (SSSR count). The second-order valence-corrected chi connectivity index (χ2v) is 13.6. The van der Waals surface area contributed by atoms with Gasteiger partial charge in [0.25, 0.3) is 0 Å². The lowest BCUT2D eigenvalue weighted by atomic mass is 10.2. The Morgan fingerprint density at radius 1 is 0.750 bits per heavy atom. The third-order valence-electron chi connectivity index (χ3n) is 8.67. The number of urea groups is 3. The van der Waals surface area contributed by atoms with E-state index in [1.165, 1.54) is 13.7 Å². The monoisotopic (exact) mass is 824 g/mol. The Balaban J connectivity index is 0.000000126. The van der Waals surface area contributed by atoms with E-state index in [0.29, 0.717) is 39.4 Å². The number of aromatic amines is 1. The van der Waals surface area contributed by atoms with Crippen LogP contribution in [0.4, 0.5) is 14.4 Å². The molecule has 6 aliphatic rings. The van der Waals surface area contributed by atoms with Gasteiger partial charge in [-0.1, -0.05) is 12.2 Å². The predicted molar refractivity (Wildman–Crippen MR) is 200 cm³/mol. The number of nitrogens with zero attached hydrogens (tertiary/aromatic N) is 11. The van der Waals surface area contributed by atoms with Crippen molar-refractivity contribution in [3.63, 3.8) is 0 Å². The smallest absolute Gasteiger partial charge is 0.319 e. The zero-order chi connectivity index (χ0) is 36.6. The summed E-state index contributed by atoms with van der Waals surface area (Å²) in [4.78, 5) is 53.3. The van der Waals surface area contributed by atoms with Gasteiger partial charge in [-0.2, -0.15) is 25.4 Å². The number of aromatic nitrogens is 6. The van der Waals surface area contributed by atoms with Crippen molar-refractivity contribution in [1.29, 1.82) is 0 Å². The summed E-state index contributed by atoms with van der Waals surface area (Å²) in [5.74, 6) is 0. The lowest BCUT2D eigenvalue weighted by Crippen LogP contribution is -2.33. The van der Waals surface area contributed by atoms with Gasteiger partial charge < -0.3 is 19.6 Å². The molecule has 6 aliphatic heterocycles. The topological polar surface area (TPSA) is 153 Å². The van der Waals surface area contributed by atoms with Gasteiger partial charge in [0, 0.05) is 67.4 Å². The highest BCUT2D eigenvalue weighted by molar-refractivity contribution is 14.1. The van der Waals surface area contributed by atoms with Crippen molar-refractivity contribution in [2.24, 2.45) is 0 Å². The summed E-state index contributed by atoms with van der Waals surface area (Å²) < 4.78 is 4.80. The van der Waals surface area contributed by atoms with E-state index >= 15 is 0 Å². The average molecular weight is 825 g/mol. The number of hydroxylamine groups is 4. The number of nitrogens with one attached hydrogen (secondary N) is 1. The van der Waals surface area contributed by atoms with E-state index in [0.717, 1.165) is 24.5 Å². The molecule has 6 bridgehead atoms. The number of carbonyl (C=O) groups is 3. The Hall–Kier alpha value is -5.21. The van der Waals surface area contributed by atoms with Crippen LogP contribution in [0.15, 0.2) is 102 Å². The van der Waals surface area contributed by atoms with Crippen LogP contribution in [0.5, 0.6) is 0 Å². The zero-order valence-electron chi connectivity index (χ0n) is 28.7. The van der Waals surface area contributed by atoms with Crippen LogP contribution in [-0.2, 0) is 9.68 Å². The van der Waals surface area contributed by atoms with E-state index in [2.05, 4.69) is 68.3 Å². The minimum absolute atomic E-state index is 0.0419. The maximum Gasteiger partial charge on any atom is 0.345 e. The fraction of sp³-hybridized carbons (Fsp3) is 0.353. The number of amides is 6. The maximum absolute atomic E-state index is 12.0. The fourth-order valence-corrected chi connectivity index (χ4v) is 7.08. The van der Waals surface area contributed by atoms with Crippen molar-refractivity contribution in [3.05, 3.63) is 102 Å². The maximum atomic E-state index is 12.0. The number of rotatable bonds is 8. The number of carbonyl (C=O) groups excluding carboxylic acids is 3. The van der Waals surface area contributed by atoms with Crippen LogP contribution in [0.25, 0.3) is 11.4 Å². The molecule has 3 saturated heterocycles. The summed E-state index contributed by atoms with van der Waals surface area (Å²) in [5.41, 5.74) is 2.07. The zero-order valence-corrected chi connectivity index (χ0v) is 30.9. The molecule has 18 heteroatoms. The molecular weight excluding hydrogens is 783 g/mol. The number of halogens is 1. The molecule has 3 fully saturated rings. The third kappa shape index (κ3) is 8.29. The van der Waals surface area contributed by atoms with Gasteiger partial charge in [-0.05, 0) is 59.0 Å². The molecule has 0 saturated carbocycles. The number of H-pyrrole nitrogens is 1. The molecule has 3 aromatic heterocycles. The van der Waals surface area contributed by atoms with E-state index in [1.807, 2.05) is 53.3 Å². The first kappa shape index (κ1) is 36.6. The van der Waals surface area contributed by atoms with Crippen LogP contribution in [0.3, 0.4) is 0 Å². The number of hydrogen-bond acceptors (Lipinski definition) is 8. The quantitative estimate of drug-likeness (QED) is 0.268. The van der Waals surface area contributed by atoms with Crippen molar-refractivity contribution in [1.82, 2.24) is 59.5 Å². The summed E-state index contributed by atoms with van der Waals surface area (Å²) in [7, 11) is 1.84. The van der Waals surface area contributed by atoms with Crippen LogP contribution in [0.1, 0.15) is 0 Å². The summed E-state index contributed by atoms with van der Waals surface area (Å²) in [6.45, 7) is 12.0. The summed E-state index contributed by atoms with van der Waals surface area (Å²) in [6.07, 6.45) is 20.2. The van der Waals surface area contributed by atoms with Crippen LogP contribution in [0, 0.1) is 0 Å². The van der Waals surface area contributed by atoms with Gasteiger partial charge in [-0.3, -0.25) is 14.8 Å². The molecular formula is C34H41IN12O5. The van der Waals surface area contributed by atoms with Gasteiger partial charge in [0.2, 0.25) is 0 Å². The van der Waals surface area contributed by atoms with Gasteiger partial charge in [-0.15, -0.1) is 13.2 Å². The fourth-order valence-electron chi connectivity index (χ4n) is 6.25. The molecule has 3 aromatic rings. The van der Waals surface area contributed by atoms with Gasteiger partial charge in [0.1, 0.15) is 0 Å². The number of hydrogen-bond donors (Lipinski definition) is 1. The van der Waals surface area contributed by atoms with Gasteiger partial charge in [0.15, 0.2) is 0 Å². The highest BCUT2D eigenvalue weighted by Gasteiger charge is 2.42. The second-order valence-electron chi connectivity index (χ2n) is 12.2. The Bertz CT molecular complexity index is 1770. The van der Waals surface area contributed by atoms with E-state index in [4.69, 9.17) is 9.68 Å². The first-order valence-electron chi connectivity index (χ1n) is 16.6. The van der Waals surface area contributed by atoms with Crippen LogP contribution in [-0.4, -0.2) is 155 Å². The van der Waals surface area contributed by atoms with E-state index in [9.17, 15) is 14.4 Å². The molecule has 9 heterocycles. The highest BCUT2D eigenvalue weighted by atomic mass is 127. The van der Waals surface area contributed by atoms with Crippen molar-refractivity contribution < 1.29 is 24.1 Å². The van der Waals surface area contributed by atoms with E-state index in [1.54, 1.807) is 56.3 Å². The molecule has 0 spiro atoms.